The minimum absolute atomic E-state index is 0.604. The van der Waals surface area contributed by atoms with Crippen LogP contribution in [0.15, 0.2) is 36.4 Å². The molecule has 0 amide bonds. The van der Waals surface area contributed by atoms with E-state index in [0.717, 1.165) is 0 Å². The van der Waals surface area contributed by atoms with Crippen LogP contribution < -0.4 is 0 Å². The lowest BCUT2D eigenvalue weighted by Crippen LogP contribution is -1.81. The molecule has 0 bridgehead atoms. The first-order chi connectivity index (χ1) is 6.68. The van der Waals surface area contributed by atoms with Gasteiger partial charge < -0.3 is 0 Å². The van der Waals surface area contributed by atoms with Gasteiger partial charge in [0, 0.05) is 0 Å². The smallest absolute Gasteiger partial charge is 0.0155 e. The molecule has 0 spiro atoms. The second-order valence-electron chi connectivity index (χ2n) is 4.21. The molecule has 0 nitrogen and oxygen atoms in total. The van der Waals surface area contributed by atoms with Crippen molar-refractivity contribution in [3.8, 4) is 11.1 Å². The zero-order valence-electron chi connectivity index (χ0n) is 9.04. The molecule has 0 saturated carbocycles. The number of aryl methyl sites for hydroxylation is 1. The Kier molecular flexibility index (Phi) is 2.28. The van der Waals surface area contributed by atoms with Crippen LogP contribution in [0.5, 0.6) is 0 Å². The summed E-state index contributed by atoms with van der Waals surface area (Å²) in [6, 6.07) is 13.3. The predicted molar refractivity (Wildman–Crippen MR) is 61.9 cm³/mol. The number of fused-ring (bicyclic) bond motifs is 1. The zero-order chi connectivity index (χ0) is 10.1. The van der Waals surface area contributed by atoms with Gasteiger partial charge in [-0.1, -0.05) is 50.2 Å². The highest BCUT2D eigenvalue weighted by atomic mass is 14.1. The van der Waals surface area contributed by atoms with Crippen molar-refractivity contribution >= 4 is 0 Å². The molecule has 0 N–H and O–H groups in total. The van der Waals surface area contributed by atoms with Gasteiger partial charge in [-0.05, 0) is 35.1 Å². The summed E-state index contributed by atoms with van der Waals surface area (Å²) in [7, 11) is 0. The lowest BCUT2D eigenvalue weighted by molar-refractivity contribution is 0.868. The summed E-state index contributed by atoms with van der Waals surface area (Å²) >= 11 is 0. The van der Waals surface area contributed by atoms with E-state index >= 15 is 0 Å². The second-order valence-corrected chi connectivity index (χ2v) is 4.21. The topological polar surface area (TPSA) is 0 Å². The Hall–Kier alpha value is -1.30. The van der Waals surface area contributed by atoms with Gasteiger partial charge in [0.05, 0.1) is 0 Å². The molecule has 2 rings (SSSR count). The summed E-state index contributed by atoms with van der Waals surface area (Å²) in [5, 5.41) is 0. The standard InChI is InChI=1S/C14H16/c1-10(2)12-6-7-13-5-4-11(3)14(13)9-8-12/h4-10H,1-3H3. The monoisotopic (exact) mass is 184 g/mol. The quantitative estimate of drug-likeness (QED) is 0.622. The van der Waals surface area contributed by atoms with Crippen molar-refractivity contribution in [3.63, 3.8) is 0 Å². The first-order valence-electron chi connectivity index (χ1n) is 5.18. The molecule has 0 heteroatoms. The average Bonchev–Trinajstić information content (AvgIpc) is 2.38. The van der Waals surface area contributed by atoms with Gasteiger partial charge >= 0.3 is 0 Å². The molecular weight excluding hydrogens is 168 g/mol. The third-order valence-electron chi connectivity index (χ3n) is 2.81. The fourth-order valence-electron chi connectivity index (χ4n) is 1.80. The maximum atomic E-state index is 2.24. The van der Waals surface area contributed by atoms with E-state index in [1.165, 1.54) is 22.3 Å². The van der Waals surface area contributed by atoms with Crippen molar-refractivity contribution in [2.75, 3.05) is 0 Å². The molecule has 0 unspecified atom stereocenters. The Morgan fingerprint density at radius 2 is 1.50 bits per heavy atom. The minimum atomic E-state index is 0.604. The maximum Gasteiger partial charge on any atom is -0.0155 e. The summed E-state index contributed by atoms with van der Waals surface area (Å²) in [6.45, 7) is 6.62. The molecule has 0 fully saturated rings. The molecular formula is C14H16. The Bertz CT molecular complexity index is 413. The van der Waals surface area contributed by atoms with Crippen LogP contribution in [0.25, 0.3) is 11.1 Å². The molecule has 0 aliphatic heterocycles. The van der Waals surface area contributed by atoms with Crippen LogP contribution in [0.2, 0.25) is 0 Å². The van der Waals surface area contributed by atoms with Crippen molar-refractivity contribution in [1.29, 1.82) is 0 Å². The highest BCUT2D eigenvalue weighted by molar-refractivity contribution is 5.70. The lowest BCUT2D eigenvalue weighted by Gasteiger charge is -1.99. The third kappa shape index (κ3) is 1.52. The van der Waals surface area contributed by atoms with Gasteiger partial charge in [-0.25, -0.2) is 0 Å². The number of hydrogen-bond donors (Lipinski definition) is 0. The Morgan fingerprint density at radius 3 is 2.21 bits per heavy atom. The Balaban J connectivity index is 2.59. The summed E-state index contributed by atoms with van der Waals surface area (Å²) < 4.78 is 0. The summed E-state index contributed by atoms with van der Waals surface area (Å²) in [4.78, 5) is 0. The molecule has 0 aromatic heterocycles. The SMILES string of the molecule is Cc1ccc2ccc(C(C)C)ccc1-2. The summed E-state index contributed by atoms with van der Waals surface area (Å²) in [5.41, 5.74) is 5.48. The van der Waals surface area contributed by atoms with Crippen molar-refractivity contribution in [2.24, 2.45) is 0 Å². The molecule has 2 aliphatic rings. The summed E-state index contributed by atoms with van der Waals surface area (Å²) in [5.74, 6) is 0.604. The van der Waals surface area contributed by atoms with E-state index in [1.54, 1.807) is 0 Å². The molecule has 72 valence electrons. The van der Waals surface area contributed by atoms with Crippen molar-refractivity contribution < 1.29 is 0 Å². The van der Waals surface area contributed by atoms with Crippen molar-refractivity contribution in [2.45, 2.75) is 26.7 Å². The van der Waals surface area contributed by atoms with Crippen LogP contribution in [-0.2, 0) is 0 Å². The normalized spacial score (nSPS) is 11.1. The van der Waals surface area contributed by atoms with E-state index in [4.69, 9.17) is 0 Å². The number of hydrogen-bond acceptors (Lipinski definition) is 0. The van der Waals surface area contributed by atoms with Crippen LogP contribution in [0.4, 0.5) is 0 Å². The van der Waals surface area contributed by atoms with Crippen molar-refractivity contribution in [1.82, 2.24) is 0 Å². The van der Waals surface area contributed by atoms with Crippen LogP contribution in [0, 0.1) is 6.92 Å². The molecule has 14 heavy (non-hydrogen) atoms. The van der Waals surface area contributed by atoms with E-state index in [-0.39, 0.29) is 0 Å². The second kappa shape index (κ2) is 3.45. The summed E-state index contributed by atoms with van der Waals surface area (Å²) in [6.07, 6.45) is 0. The fraction of sp³-hybridized carbons (Fsp3) is 0.286. The molecule has 2 aliphatic carbocycles. The van der Waals surface area contributed by atoms with Gasteiger partial charge in [0.2, 0.25) is 0 Å². The van der Waals surface area contributed by atoms with Crippen LogP contribution in [0.1, 0.15) is 30.9 Å². The predicted octanol–water partition coefficient (Wildman–Crippen LogP) is 4.22. The molecule has 0 aromatic rings. The highest BCUT2D eigenvalue weighted by Gasteiger charge is 2.04. The van der Waals surface area contributed by atoms with E-state index < -0.39 is 0 Å². The molecule has 0 radical (unpaired) electrons. The molecule has 0 aromatic carbocycles. The van der Waals surface area contributed by atoms with Crippen LogP contribution in [0.3, 0.4) is 0 Å². The largest absolute Gasteiger partial charge is 0.0587 e. The van der Waals surface area contributed by atoms with E-state index in [0.29, 0.717) is 5.92 Å². The van der Waals surface area contributed by atoms with Gasteiger partial charge in [-0.15, -0.1) is 0 Å². The highest BCUT2D eigenvalue weighted by Crippen LogP contribution is 2.27. The van der Waals surface area contributed by atoms with Gasteiger partial charge in [-0.2, -0.15) is 0 Å². The molecule has 0 heterocycles. The van der Waals surface area contributed by atoms with Gasteiger partial charge in [0.25, 0.3) is 0 Å². The Morgan fingerprint density at radius 1 is 0.857 bits per heavy atom. The molecule has 0 atom stereocenters. The van der Waals surface area contributed by atoms with E-state index in [2.05, 4.69) is 57.2 Å². The number of rotatable bonds is 1. The van der Waals surface area contributed by atoms with Crippen LogP contribution in [-0.4, -0.2) is 0 Å². The zero-order valence-corrected chi connectivity index (χ0v) is 9.04. The first-order valence-corrected chi connectivity index (χ1v) is 5.18. The van der Waals surface area contributed by atoms with Crippen molar-refractivity contribution in [3.05, 3.63) is 47.5 Å². The van der Waals surface area contributed by atoms with E-state index in [9.17, 15) is 0 Å². The van der Waals surface area contributed by atoms with Gasteiger partial charge in [-0.3, -0.25) is 0 Å². The minimum Gasteiger partial charge on any atom is -0.0587 e. The van der Waals surface area contributed by atoms with Crippen LogP contribution >= 0.6 is 0 Å². The van der Waals surface area contributed by atoms with E-state index in [1.807, 2.05) is 0 Å². The molecule has 0 saturated heterocycles. The fourth-order valence-corrected chi connectivity index (χ4v) is 1.80. The van der Waals surface area contributed by atoms with Gasteiger partial charge in [0.15, 0.2) is 0 Å². The van der Waals surface area contributed by atoms with Gasteiger partial charge in [0.1, 0.15) is 0 Å². The lowest BCUT2D eigenvalue weighted by atomic mass is 10.1. The average molecular weight is 184 g/mol. The maximum absolute atomic E-state index is 2.24. The Labute approximate surface area is 85.9 Å². The first kappa shape index (κ1) is 9.26. The third-order valence-corrected chi connectivity index (χ3v) is 2.81.